The van der Waals surface area contributed by atoms with E-state index >= 15 is 0 Å². The number of amides is 1. The number of carbonyl (C=O) groups is 1. The number of aryl methyl sites for hydroxylation is 1. The number of para-hydroxylation sites is 1. The Bertz CT molecular complexity index is 549. The molecular formula is C17H20N2O. The number of carbonyl (C=O) groups excluding carboxylic acids is 1. The molecule has 0 fully saturated rings. The van der Waals surface area contributed by atoms with E-state index in [1.165, 1.54) is 5.56 Å². The summed E-state index contributed by atoms with van der Waals surface area (Å²) in [4.78, 5) is 12.2. The van der Waals surface area contributed by atoms with E-state index in [0.717, 1.165) is 17.8 Å². The van der Waals surface area contributed by atoms with Crippen molar-refractivity contribution >= 4 is 17.3 Å². The summed E-state index contributed by atoms with van der Waals surface area (Å²) in [6, 6.07) is 17.3. The Hall–Kier alpha value is -2.29. The van der Waals surface area contributed by atoms with Crippen molar-refractivity contribution in [1.29, 1.82) is 0 Å². The number of benzene rings is 2. The number of anilines is 2. The first kappa shape index (κ1) is 14.1. The smallest absolute Gasteiger partial charge is 0.246 e. The molecule has 0 spiro atoms. The molecular weight excluding hydrogens is 248 g/mol. The van der Waals surface area contributed by atoms with E-state index in [1.807, 2.05) is 68.4 Å². The molecule has 0 unspecified atom stereocenters. The third-order valence-electron chi connectivity index (χ3n) is 3.16. The molecule has 3 heteroatoms. The largest absolute Gasteiger partial charge is 0.374 e. The molecule has 1 amide bonds. The predicted octanol–water partition coefficient (Wildman–Crippen LogP) is 3.82. The topological polar surface area (TPSA) is 41.1 Å². The number of hydrogen-bond acceptors (Lipinski definition) is 2. The number of nitrogens with one attached hydrogen (secondary N) is 2. The van der Waals surface area contributed by atoms with Gasteiger partial charge in [0.1, 0.15) is 6.04 Å². The van der Waals surface area contributed by atoms with Crippen LogP contribution in [0.3, 0.4) is 0 Å². The van der Waals surface area contributed by atoms with Crippen molar-refractivity contribution in [2.24, 2.45) is 0 Å². The van der Waals surface area contributed by atoms with Crippen LogP contribution in [-0.2, 0) is 4.79 Å². The summed E-state index contributed by atoms with van der Waals surface area (Å²) < 4.78 is 0. The second-order valence-electron chi connectivity index (χ2n) is 4.83. The third-order valence-corrected chi connectivity index (χ3v) is 3.16. The summed E-state index contributed by atoms with van der Waals surface area (Å²) in [7, 11) is 0. The van der Waals surface area contributed by atoms with Crippen molar-refractivity contribution in [2.45, 2.75) is 26.3 Å². The average Bonchev–Trinajstić information content (AvgIpc) is 2.47. The molecule has 2 N–H and O–H groups in total. The summed E-state index contributed by atoms with van der Waals surface area (Å²) in [5.74, 6) is -0.0146. The lowest BCUT2D eigenvalue weighted by Gasteiger charge is -2.18. The normalized spacial score (nSPS) is 11.7. The molecule has 0 aliphatic rings. The lowest BCUT2D eigenvalue weighted by molar-refractivity contribution is -0.116. The Labute approximate surface area is 120 Å². The van der Waals surface area contributed by atoms with Gasteiger partial charge in [-0.25, -0.2) is 0 Å². The molecule has 2 aromatic carbocycles. The van der Waals surface area contributed by atoms with E-state index in [4.69, 9.17) is 0 Å². The molecule has 0 saturated carbocycles. The van der Waals surface area contributed by atoms with Crippen LogP contribution >= 0.6 is 0 Å². The van der Waals surface area contributed by atoms with Gasteiger partial charge in [0, 0.05) is 11.4 Å². The van der Waals surface area contributed by atoms with Gasteiger partial charge in [0.25, 0.3) is 0 Å². The Kier molecular flexibility index (Phi) is 4.77. The zero-order valence-corrected chi connectivity index (χ0v) is 11.9. The van der Waals surface area contributed by atoms with E-state index in [1.54, 1.807) is 0 Å². The summed E-state index contributed by atoms with van der Waals surface area (Å²) in [6.07, 6.45) is 0.729. The number of rotatable bonds is 5. The van der Waals surface area contributed by atoms with E-state index in [0.29, 0.717) is 0 Å². The molecule has 0 aromatic heterocycles. The van der Waals surface area contributed by atoms with Crippen LogP contribution in [0.25, 0.3) is 0 Å². The van der Waals surface area contributed by atoms with Crippen molar-refractivity contribution < 1.29 is 4.79 Å². The van der Waals surface area contributed by atoms with Gasteiger partial charge in [-0.15, -0.1) is 0 Å². The Morgan fingerprint density at radius 1 is 1.00 bits per heavy atom. The standard InChI is InChI=1S/C17H20N2O/c1-3-16(18-15-11-9-13(2)10-12-15)17(20)19-14-7-5-4-6-8-14/h4-12,16,18H,3H2,1-2H3,(H,19,20)/t16-/m0/s1. The van der Waals surface area contributed by atoms with Crippen LogP contribution in [0.15, 0.2) is 54.6 Å². The first-order valence-corrected chi connectivity index (χ1v) is 6.88. The van der Waals surface area contributed by atoms with Crippen LogP contribution in [-0.4, -0.2) is 11.9 Å². The van der Waals surface area contributed by atoms with E-state index < -0.39 is 0 Å². The van der Waals surface area contributed by atoms with Crippen molar-refractivity contribution in [1.82, 2.24) is 0 Å². The SMILES string of the molecule is CC[C@H](Nc1ccc(C)cc1)C(=O)Nc1ccccc1. The molecule has 2 rings (SSSR count). The fraction of sp³-hybridized carbons (Fsp3) is 0.235. The van der Waals surface area contributed by atoms with E-state index in [2.05, 4.69) is 10.6 Å². The van der Waals surface area contributed by atoms with Crippen LogP contribution in [0.4, 0.5) is 11.4 Å². The second-order valence-corrected chi connectivity index (χ2v) is 4.83. The van der Waals surface area contributed by atoms with Gasteiger partial charge in [-0.3, -0.25) is 4.79 Å². The van der Waals surface area contributed by atoms with Crippen molar-refractivity contribution in [3.8, 4) is 0 Å². The average molecular weight is 268 g/mol. The summed E-state index contributed by atoms with van der Waals surface area (Å²) in [6.45, 7) is 4.04. The molecule has 2 aromatic rings. The zero-order valence-electron chi connectivity index (χ0n) is 11.9. The van der Waals surface area contributed by atoms with Crippen molar-refractivity contribution in [3.05, 3.63) is 60.2 Å². The highest BCUT2D eigenvalue weighted by atomic mass is 16.2. The van der Waals surface area contributed by atoms with Crippen molar-refractivity contribution in [3.63, 3.8) is 0 Å². The third kappa shape index (κ3) is 3.85. The fourth-order valence-electron chi connectivity index (χ4n) is 1.95. The Morgan fingerprint density at radius 2 is 1.65 bits per heavy atom. The molecule has 20 heavy (non-hydrogen) atoms. The quantitative estimate of drug-likeness (QED) is 0.865. The van der Waals surface area contributed by atoms with Crippen LogP contribution in [0.1, 0.15) is 18.9 Å². The van der Waals surface area contributed by atoms with Gasteiger partial charge in [0.05, 0.1) is 0 Å². The highest BCUT2D eigenvalue weighted by Gasteiger charge is 2.16. The number of hydrogen-bond donors (Lipinski definition) is 2. The molecule has 0 radical (unpaired) electrons. The molecule has 3 nitrogen and oxygen atoms in total. The van der Waals surface area contributed by atoms with E-state index in [9.17, 15) is 4.79 Å². The van der Waals surface area contributed by atoms with Gasteiger partial charge in [0.2, 0.25) is 5.91 Å². The monoisotopic (exact) mass is 268 g/mol. The van der Waals surface area contributed by atoms with Gasteiger partial charge in [-0.1, -0.05) is 42.8 Å². The second kappa shape index (κ2) is 6.75. The molecule has 1 atom stereocenters. The Balaban J connectivity index is 2.00. The van der Waals surface area contributed by atoms with Gasteiger partial charge in [-0.05, 0) is 37.6 Å². The summed E-state index contributed by atoms with van der Waals surface area (Å²) in [5.41, 5.74) is 2.99. The van der Waals surface area contributed by atoms with Gasteiger partial charge in [0.15, 0.2) is 0 Å². The predicted molar refractivity (Wildman–Crippen MR) is 84.0 cm³/mol. The molecule has 0 aliphatic carbocycles. The van der Waals surface area contributed by atoms with Gasteiger partial charge >= 0.3 is 0 Å². The first-order chi connectivity index (χ1) is 9.69. The minimum atomic E-state index is -0.238. The lowest BCUT2D eigenvalue weighted by Crippen LogP contribution is -2.34. The summed E-state index contributed by atoms with van der Waals surface area (Å²) in [5, 5.41) is 6.19. The maximum absolute atomic E-state index is 12.2. The van der Waals surface area contributed by atoms with E-state index in [-0.39, 0.29) is 11.9 Å². The van der Waals surface area contributed by atoms with Crippen LogP contribution < -0.4 is 10.6 Å². The molecule has 0 heterocycles. The maximum Gasteiger partial charge on any atom is 0.246 e. The Morgan fingerprint density at radius 3 is 2.25 bits per heavy atom. The molecule has 0 bridgehead atoms. The molecule has 104 valence electrons. The molecule has 0 saturated heterocycles. The first-order valence-electron chi connectivity index (χ1n) is 6.88. The zero-order chi connectivity index (χ0) is 14.4. The fourth-order valence-corrected chi connectivity index (χ4v) is 1.95. The minimum absolute atomic E-state index is 0.0146. The van der Waals surface area contributed by atoms with Crippen LogP contribution in [0, 0.1) is 6.92 Å². The van der Waals surface area contributed by atoms with Gasteiger partial charge < -0.3 is 10.6 Å². The van der Waals surface area contributed by atoms with Crippen molar-refractivity contribution in [2.75, 3.05) is 10.6 Å². The maximum atomic E-state index is 12.2. The van der Waals surface area contributed by atoms with Gasteiger partial charge in [-0.2, -0.15) is 0 Å². The minimum Gasteiger partial charge on any atom is -0.374 e. The highest BCUT2D eigenvalue weighted by molar-refractivity contribution is 5.96. The molecule has 0 aliphatic heterocycles. The summed E-state index contributed by atoms with van der Waals surface area (Å²) >= 11 is 0. The highest BCUT2D eigenvalue weighted by Crippen LogP contribution is 2.13. The van der Waals surface area contributed by atoms with Crippen LogP contribution in [0.2, 0.25) is 0 Å². The lowest BCUT2D eigenvalue weighted by atomic mass is 10.1. The van der Waals surface area contributed by atoms with Crippen LogP contribution in [0.5, 0.6) is 0 Å².